The molecule has 0 aliphatic heterocycles. The third-order valence-electron chi connectivity index (χ3n) is 6.03. The highest BCUT2D eigenvalue weighted by Crippen LogP contribution is 2.25. The number of hydrogen-bond acceptors (Lipinski definition) is 4. The van der Waals surface area contributed by atoms with Crippen LogP contribution in [0.5, 0.6) is 5.75 Å². The number of sulfonamides is 1. The van der Waals surface area contributed by atoms with Crippen LogP contribution in [0.2, 0.25) is 0 Å². The SMILES string of the molecule is O=C(Nc1ccc(S(=O)(=O)NC2CCCCC2)cc1)c1cc(Br)ccc1OCCc1ccccc1. The van der Waals surface area contributed by atoms with Gasteiger partial charge in [0.05, 0.1) is 17.1 Å². The highest BCUT2D eigenvalue weighted by molar-refractivity contribution is 9.10. The lowest BCUT2D eigenvalue weighted by Gasteiger charge is -2.22. The van der Waals surface area contributed by atoms with Gasteiger partial charge in [-0.25, -0.2) is 13.1 Å². The van der Waals surface area contributed by atoms with Crippen molar-refractivity contribution in [1.29, 1.82) is 0 Å². The zero-order valence-corrected chi connectivity index (χ0v) is 21.8. The lowest BCUT2D eigenvalue weighted by Crippen LogP contribution is -2.36. The van der Waals surface area contributed by atoms with Crippen LogP contribution in [-0.4, -0.2) is 27.0 Å². The highest BCUT2D eigenvalue weighted by atomic mass is 79.9. The first kappa shape index (κ1) is 25.4. The maximum absolute atomic E-state index is 13.0. The third-order valence-corrected chi connectivity index (χ3v) is 8.06. The lowest BCUT2D eigenvalue weighted by atomic mass is 9.96. The van der Waals surface area contributed by atoms with Gasteiger partial charge in [0.15, 0.2) is 0 Å². The molecule has 3 aromatic rings. The zero-order chi connectivity index (χ0) is 24.7. The Balaban J connectivity index is 1.40. The second-order valence-electron chi connectivity index (χ2n) is 8.66. The number of amides is 1. The predicted octanol–water partition coefficient (Wildman–Crippen LogP) is 5.93. The van der Waals surface area contributed by atoms with Crippen LogP contribution < -0.4 is 14.8 Å². The van der Waals surface area contributed by atoms with Crippen molar-refractivity contribution in [3.8, 4) is 5.75 Å². The minimum atomic E-state index is -3.59. The number of halogens is 1. The average Bonchev–Trinajstić information content (AvgIpc) is 2.86. The van der Waals surface area contributed by atoms with Gasteiger partial charge in [0, 0.05) is 22.6 Å². The van der Waals surface area contributed by atoms with Gasteiger partial charge in [-0.2, -0.15) is 0 Å². The highest BCUT2D eigenvalue weighted by Gasteiger charge is 2.22. The second kappa shape index (κ2) is 11.8. The van der Waals surface area contributed by atoms with Gasteiger partial charge >= 0.3 is 0 Å². The van der Waals surface area contributed by atoms with Gasteiger partial charge in [-0.1, -0.05) is 65.5 Å². The van der Waals surface area contributed by atoms with Crippen molar-refractivity contribution in [1.82, 2.24) is 4.72 Å². The molecular formula is C27H29BrN2O4S. The van der Waals surface area contributed by atoms with E-state index >= 15 is 0 Å². The minimum Gasteiger partial charge on any atom is -0.492 e. The third kappa shape index (κ3) is 7.16. The van der Waals surface area contributed by atoms with E-state index in [2.05, 4.69) is 26.0 Å². The number of carbonyl (C=O) groups excluding carboxylic acids is 1. The fourth-order valence-electron chi connectivity index (χ4n) is 4.15. The van der Waals surface area contributed by atoms with Crippen molar-refractivity contribution in [2.45, 2.75) is 49.5 Å². The van der Waals surface area contributed by atoms with Crippen molar-refractivity contribution in [2.75, 3.05) is 11.9 Å². The van der Waals surface area contributed by atoms with Crippen LogP contribution >= 0.6 is 15.9 Å². The topological polar surface area (TPSA) is 84.5 Å². The van der Waals surface area contributed by atoms with Crippen molar-refractivity contribution < 1.29 is 17.9 Å². The van der Waals surface area contributed by atoms with E-state index in [1.54, 1.807) is 24.3 Å². The fraction of sp³-hybridized carbons (Fsp3) is 0.296. The molecule has 0 radical (unpaired) electrons. The summed E-state index contributed by atoms with van der Waals surface area (Å²) in [6.07, 6.45) is 5.72. The zero-order valence-electron chi connectivity index (χ0n) is 19.4. The van der Waals surface area contributed by atoms with E-state index in [9.17, 15) is 13.2 Å². The number of hydrogen-bond donors (Lipinski definition) is 2. The minimum absolute atomic E-state index is 0.00929. The van der Waals surface area contributed by atoms with E-state index in [-0.39, 0.29) is 16.8 Å². The van der Waals surface area contributed by atoms with Crippen molar-refractivity contribution in [2.24, 2.45) is 0 Å². The van der Waals surface area contributed by atoms with Crippen LogP contribution in [0.15, 0.2) is 82.2 Å². The van der Waals surface area contributed by atoms with Crippen LogP contribution in [-0.2, 0) is 16.4 Å². The molecular weight excluding hydrogens is 528 g/mol. The predicted molar refractivity (Wildman–Crippen MR) is 141 cm³/mol. The van der Waals surface area contributed by atoms with E-state index in [0.717, 1.165) is 48.6 Å². The Hall–Kier alpha value is -2.68. The quantitative estimate of drug-likeness (QED) is 0.342. The van der Waals surface area contributed by atoms with E-state index in [4.69, 9.17) is 4.74 Å². The van der Waals surface area contributed by atoms with Crippen LogP contribution in [0.4, 0.5) is 5.69 Å². The summed E-state index contributed by atoms with van der Waals surface area (Å²) < 4.78 is 34.9. The number of rotatable bonds is 9. The molecule has 35 heavy (non-hydrogen) atoms. The average molecular weight is 558 g/mol. The molecule has 1 fully saturated rings. The molecule has 0 spiro atoms. The fourth-order valence-corrected chi connectivity index (χ4v) is 5.82. The van der Waals surface area contributed by atoms with Crippen molar-refractivity contribution >= 4 is 37.5 Å². The molecule has 1 aliphatic carbocycles. The first-order valence-electron chi connectivity index (χ1n) is 11.8. The molecule has 4 rings (SSSR count). The summed E-state index contributed by atoms with van der Waals surface area (Å²) in [6, 6.07) is 21.5. The molecule has 2 N–H and O–H groups in total. The molecule has 3 aromatic carbocycles. The van der Waals surface area contributed by atoms with Crippen LogP contribution in [0.3, 0.4) is 0 Å². The summed E-state index contributed by atoms with van der Waals surface area (Å²) in [6.45, 7) is 0.437. The van der Waals surface area contributed by atoms with Gasteiger partial charge in [-0.3, -0.25) is 4.79 Å². The van der Waals surface area contributed by atoms with Crippen LogP contribution in [0.25, 0.3) is 0 Å². The molecule has 1 saturated carbocycles. The van der Waals surface area contributed by atoms with Crippen LogP contribution in [0.1, 0.15) is 48.0 Å². The first-order valence-corrected chi connectivity index (χ1v) is 14.1. The Morgan fingerprint density at radius 1 is 0.943 bits per heavy atom. The summed E-state index contributed by atoms with van der Waals surface area (Å²) in [5.41, 5.74) is 2.05. The molecule has 8 heteroatoms. The van der Waals surface area contributed by atoms with Crippen LogP contribution in [0, 0.1) is 0 Å². The normalized spacial score (nSPS) is 14.4. The number of carbonyl (C=O) groups is 1. The monoisotopic (exact) mass is 556 g/mol. The van der Waals surface area contributed by atoms with Crippen molar-refractivity contribution in [3.05, 3.63) is 88.4 Å². The Bertz CT molecular complexity index is 1240. The Kier molecular flexibility index (Phi) is 8.59. The maximum Gasteiger partial charge on any atom is 0.259 e. The van der Waals surface area contributed by atoms with E-state index in [1.807, 2.05) is 36.4 Å². The summed E-state index contributed by atoms with van der Waals surface area (Å²) >= 11 is 3.42. The summed E-state index contributed by atoms with van der Waals surface area (Å²) in [5.74, 6) is 0.148. The van der Waals surface area contributed by atoms with Crippen molar-refractivity contribution in [3.63, 3.8) is 0 Å². The molecule has 0 atom stereocenters. The number of nitrogens with one attached hydrogen (secondary N) is 2. The van der Waals surface area contributed by atoms with E-state index < -0.39 is 10.0 Å². The summed E-state index contributed by atoms with van der Waals surface area (Å²) in [7, 11) is -3.59. The van der Waals surface area contributed by atoms with Gasteiger partial charge in [0.2, 0.25) is 10.0 Å². The van der Waals surface area contributed by atoms with Gasteiger partial charge in [0.1, 0.15) is 5.75 Å². The molecule has 6 nitrogen and oxygen atoms in total. The lowest BCUT2D eigenvalue weighted by molar-refractivity contribution is 0.102. The molecule has 0 aromatic heterocycles. The number of benzene rings is 3. The maximum atomic E-state index is 13.0. The van der Waals surface area contributed by atoms with Gasteiger partial charge < -0.3 is 10.1 Å². The Labute approximate surface area is 215 Å². The molecule has 0 saturated heterocycles. The summed E-state index contributed by atoms with van der Waals surface area (Å²) in [4.78, 5) is 13.2. The van der Waals surface area contributed by atoms with E-state index in [0.29, 0.717) is 23.6 Å². The largest absolute Gasteiger partial charge is 0.492 e. The number of ether oxygens (including phenoxy) is 1. The number of anilines is 1. The summed E-state index contributed by atoms with van der Waals surface area (Å²) in [5, 5.41) is 2.84. The molecule has 0 heterocycles. The first-order chi connectivity index (χ1) is 16.9. The van der Waals surface area contributed by atoms with Gasteiger partial charge in [-0.15, -0.1) is 0 Å². The smallest absolute Gasteiger partial charge is 0.259 e. The molecule has 0 unspecified atom stereocenters. The molecule has 1 aliphatic rings. The molecule has 184 valence electrons. The molecule has 1 amide bonds. The van der Waals surface area contributed by atoms with Gasteiger partial charge in [-0.05, 0) is 60.9 Å². The molecule has 0 bridgehead atoms. The standard InChI is InChI=1S/C27H29BrN2O4S/c28-21-11-16-26(34-18-17-20-7-3-1-4-8-20)25(19-21)27(31)29-22-12-14-24(15-13-22)35(32,33)30-23-9-5-2-6-10-23/h1,3-4,7-8,11-16,19,23,30H,2,5-6,9-10,17-18H2,(H,29,31). The van der Waals surface area contributed by atoms with Gasteiger partial charge in [0.25, 0.3) is 5.91 Å². The Morgan fingerprint density at radius 2 is 1.66 bits per heavy atom. The Morgan fingerprint density at radius 3 is 2.37 bits per heavy atom. The second-order valence-corrected chi connectivity index (χ2v) is 11.3. The van der Waals surface area contributed by atoms with E-state index in [1.165, 1.54) is 12.1 Å².